The van der Waals surface area contributed by atoms with Crippen LogP contribution in [-0.2, 0) is 11.3 Å². The first kappa shape index (κ1) is 11.8. The second kappa shape index (κ2) is 5.58. The predicted molar refractivity (Wildman–Crippen MR) is 58.9 cm³/mol. The maximum absolute atomic E-state index is 10.9. The van der Waals surface area contributed by atoms with Crippen molar-refractivity contribution in [1.29, 1.82) is 0 Å². The normalized spacial score (nSPS) is 10.0. The van der Waals surface area contributed by atoms with Crippen LogP contribution in [0.2, 0.25) is 5.02 Å². The summed E-state index contributed by atoms with van der Waals surface area (Å²) in [6.07, 6.45) is 0. The highest BCUT2D eigenvalue weighted by atomic mass is 35.5. The molecular weight excluding hydrogens is 216 g/mol. The maximum atomic E-state index is 10.9. The lowest BCUT2D eigenvalue weighted by atomic mass is 10.2. The molecule has 1 rings (SSSR count). The molecule has 0 unspecified atom stereocenters. The zero-order valence-electron chi connectivity index (χ0n) is 8.38. The van der Waals surface area contributed by atoms with Crippen molar-refractivity contribution < 1.29 is 9.90 Å². The van der Waals surface area contributed by atoms with Gasteiger partial charge in [0.15, 0.2) is 0 Å². The number of carbonyl (C=O) groups is 1. The van der Waals surface area contributed by atoms with Crippen LogP contribution in [-0.4, -0.2) is 24.6 Å². The van der Waals surface area contributed by atoms with E-state index in [1.54, 1.807) is 25.2 Å². The van der Waals surface area contributed by atoms with E-state index < -0.39 is 0 Å². The molecule has 0 heterocycles. The van der Waals surface area contributed by atoms with Gasteiger partial charge in [-0.05, 0) is 6.07 Å². The Kier molecular flexibility index (Phi) is 4.39. The van der Waals surface area contributed by atoms with E-state index in [9.17, 15) is 9.90 Å². The van der Waals surface area contributed by atoms with Crippen LogP contribution in [0.15, 0.2) is 18.2 Å². The summed E-state index contributed by atoms with van der Waals surface area (Å²) in [6, 6.07) is 5.11. The monoisotopic (exact) mass is 228 g/mol. The van der Waals surface area contributed by atoms with Crippen molar-refractivity contribution in [3.63, 3.8) is 0 Å². The largest absolute Gasteiger partial charge is 0.506 e. The predicted octanol–water partition coefficient (Wildman–Crippen LogP) is 0.881. The average molecular weight is 229 g/mol. The molecule has 82 valence electrons. The summed E-state index contributed by atoms with van der Waals surface area (Å²) < 4.78 is 0. The minimum atomic E-state index is -0.100. The van der Waals surface area contributed by atoms with Crippen LogP contribution in [0, 0.1) is 0 Å². The quantitative estimate of drug-likeness (QED) is 0.717. The number of hydrogen-bond donors (Lipinski definition) is 3. The Morgan fingerprint density at radius 2 is 2.27 bits per heavy atom. The van der Waals surface area contributed by atoms with Gasteiger partial charge in [-0.15, -0.1) is 0 Å². The maximum Gasteiger partial charge on any atom is 0.233 e. The van der Waals surface area contributed by atoms with Crippen LogP contribution in [0.3, 0.4) is 0 Å². The van der Waals surface area contributed by atoms with Crippen molar-refractivity contribution >= 4 is 17.5 Å². The summed E-state index contributed by atoms with van der Waals surface area (Å²) in [4.78, 5) is 10.9. The summed E-state index contributed by atoms with van der Waals surface area (Å²) in [6.45, 7) is 0.613. The Bertz CT molecular complexity index is 355. The highest BCUT2D eigenvalue weighted by Crippen LogP contribution is 2.26. The van der Waals surface area contributed by atoms with E-state index in [1.807, 2.05) is 0 Å². The number of hydrogen-bond acceptors (Lipinski definition) is 3. The number of aromatic hydroxyl groups is 1. The van der Waals surface area contributed by atoms with E-state index in [4.69, 9.17) is 11.6 Å². The number of halogens is 1. The fourth-order valence-corrected chi connectivity index (χ4v) is 1.30. The molecule has 1 aromatic rings. The fourth-order valence-electron chi connectivity index (χ4n) is 1.10. The molecule has 1 amide bonds. The second-order valence-electron chi connectivity index (χ2n) is 3.02. The van der Waals surface area contributed by atoms with Gasteiger partial charge < -0.3 is 15.7 Å². The van der Waals surface area contributed by atoms with Gasteiger partial charge in [-0.25, -0.2) is 0 Å². The number of benzene rings is 1. The van der Waals surface area contributed by atoms with E-state index in [1.165, 1.54) is 0 Å². The lowest BCUT2D eigenvalue weighted by Crippen LogP contribution is -2.30. The van der Waals surface area contributed by atoms with Gasteiger partial charge in [0.2, 0.25) is 5.91 Å². The van der Waals surface area contributed by atoms with E-state index in [-0.39, 0.29) is 18.2 Å². The Balaban J connectivity index is 2.51. The van der Waals surface area contributed by atoms with Crippen molar-refractivity contribution in [2.45, 2.75) is 6.54 Å². The second-order valence-corrected chi connectivity index (χ2v) is 3.43. The Morgan fingerprint density at radius 1 is 1.53 bits per heavy atom. The Labute approximate surface area is 93.2 Å². The Hall–Kier alpha value is -1.26. The summed E-state index contributed by atoms with van der Waals surface area (Å²) in [5, 5.41) is 15.2. The molecule has 0 bridgehead atoms. The van der Waals surface area contributed by atoms with Gasteiger partial charge in [-0.2, -0.15) is 0 Å². The zero-order chi connectivity index (χ0) is 11.3. The van der Waals surface area contributed by atoms with Gasteiger partial charge in [-0.3, -0.25) is 4.79 Å². The number of para-hydroxylation sites is 1. The number of carbonyl (C=O) groups excluding carboxylic acids is 1. The highest BCUT2D eigenvalue weighted by molar-refractivity contribution is 6.32. The molecule has 0 spiro atoms. The van der Waals surface area contributed by atoms with Gasteiger partial charge in [0.1, 0.15) is 5.75 Å². The summed E-state index contributed by atoms with van der Waals surface area (Å²) in [5.41, 5.74) is 0.673. The van der Waals surface area contributed by atoms with Crippen LogP contribution in [0.5, 0.6) is 5.75 Å². The van der Waals surface area contributed by atoms with Crippen LogP contribution in [0.25, 0.3) is 0 Å². The molecule has 4 nitrogen and oxygen atoms in total. The number of phenols is 1. The minimum absolute atomic E-state index is 0.0589. The Morgan fingerprint density at radius 3 is 2.93 bits per heavy atom. The number of phenolic OH excluding ortho intramolecular Hbond substituents is 1. The van der Waals surface area contributed by atoms with Gasteiger partial charge in [-0.1, -0.05) is 23.7 Å². The van der Waals surface area contributed by atoms with Gasteiger partial charge in [0.05, 0.1) is 11.6 Å². The van der Waals surface area contributed by atoms with E-state index in [0.29, 0.717) is 17.1 Å². The molecule has 0 saturated carbocycles. The molecule has 0 aliphatic rings. The first-order valence-electron chi connectivity index (χ1n) is 4.52. The molecule has 15 heavy (non-hydrogen) atoms. The van der Waals surface area contributed by atoms with Crippen LogP contribution < -0.4 is 10.6 Å². The third kappa shape index (κ3) is 3.42. The summed E-state index contributed by atoms with van der Waals surface area (Å²) in [7, 11) is 1.57. The number of nitrogens with one attached hydrogen (secondary N) is 2. The molecule has 0 saturated heterocycles. The van der Waals surface area contributed by atoms with Crippen LogP contribution in [0.1, 0.15) is 5.56 Å². The smallest absolute Gasteiger partial charge is 0.233 e. The molecule has 3 N–H and O–H groups in total. The van der Waals surface area contributed by atoms with Crippen LogP contribution in [0.4, 0.5) is 0 Å². The fraction of sp³-hybridized carbons (Fsp3) is 0.300. The molecule has 0 radical (unpaired) electrons. The molecule has 0 fully saturated rings. The van der Waals surface area contributed by atoms with Crippen molar-refractivity contribution in [3.8, 4) is 5.75 Å². The number of likely N-dealkylation sites (N-methyl/N-ethyl adjacent to an activating group) is 1. The van der Waals surface area contributed by atoms with Crippen molar-refractivity contribution in [1.82, 2.24) is 10.6 Å². The summed E-state index contributed by atoms with van der Waals surface area (Å²) >= 11 is 5.73. The molecule has 0 aliphatic heterocycles. The zero-order valence-corrected chi connectivity index (χ0v) is 9.14. The molecule has 0 aromatic heterocycles. The third-order valence-electron chi connectivity index (χ3n) is 1.95. The van der Waals surface area contributed by atoms with E-state index in [2.05, 4.69) is 10.6 Å². The van der Waals surface area contributed by atoms with Crippen molar-refractivity contribution in [3.05, 3.63) is 28.8 Å². The first-order valence-corrected chi connectivity index (χ1v) is 4.90. The first-order chi connectivity index (χ1) is 7.15. The van der Waals surface area contributed by atoms with E-state index in [0.717, 1.165) is 0 Å². The molecule has 0 atom stereocenters. The summed E-state index contributed by atoms with van der Waals surface area (Å²) in [5.74, 6) is -0.0416. The van der Waals surface area contributed by atoms with Gasteiger partial charge in [0.25, 0.3) is 0 Å². The third-order valence-corrected chi connectivity index (χ3v) is 2.26. The molecule has 0 aliphatic carbocycles. The lowest BCUT2D eigenvalue weighted by molar-refractivity contribution is -0.119. The van der Waals surface area contributed by atoms with Gasteiger partial charge >= 0.3 is 0 Å². The number of rotatable bonds is 4. The topological polar surface area (TPSA) is 61.4 Å². The molecule has 1 aromatic carbocycles. The van der Waals surface area contributed by atoms with E-state index >= 15 is 0 Å². The van der Waals surface area contributed by atoms with Crippen molar-refractivity contribution in [2.24, 2.45) is 0 Å². The molecule has 5 heteroatoms. The van der Waals surface area contributed by atoms with Crippen LogP contribution >= 0.6 is 11.6 Å². The van der Waals surface area contributed by atoms with Crippen molar-refractivity contribution in [2.75, 3.05) is 13.6 Å². The van der Waals surface area contributed by atoms with Gasteiger partial charge in [0, 0.05) is 19.2 Å². The average Bonchev–Trinajstić information content (AvgIpc) is 2.24. The molecular formula is C10H13ClN2O2. The highest BCUT2D eigenvalue weighted by Gasteiger charge is 2.04. The lowest BCUT2D eigenvalue weighted by Gasteiger charge is -2.06. The minimum Gasteiger partial charge on any atom is -0.506 e. The SMILES string of the molecule is CNC(=O)CNCc1cccc(Cl)c1O. The number of amides is 1. The standard InChI is InChI=1S/C10H13ClN2O2/c1-12-9(14)6-13-5-7-3-2-4-8(11)10(7)15/h2-4,13,15H,5-6H2,1H3,(H,12,14).